The molecule has 0 bridgehead atoms. The number of ether oxygens (including phenoxy) is 2. The molecule has 0 aromatic carbocycles. The molecule has 1 atom stereocenters. The van der Waals surface area contributed by atoms with Gasteiger partial charge in [-0.3, -0.25) is 0 Å². The third-order valence-electron chi connectivity index (χ3n) is 1.44. The van der Waals surface area contributed by atoms with Crippen LogP contribution < -0.4 is 5.32 Å². The van der Waals surface area contributed by atoms with Gasteiger partial charge in [0, 0.05) is 0 Å². The predicted octanol–water partition coefficient (Wildman–Crippen LogP) is 1.12. The van der Waals surface area contributed by atoms with Crippen molar-refractivity contribution < 1.29 is 19.1 Å². The zero-order valence-corrected chi connectivity index (χ0v) is 9.70. The van der Waals surface area contributed by atoms with E-state index in [1.54, 1.807) is 6.92 Å². The van der Waals surface area contributed by atoms with Crippen LogP contribution in [0.3, 0.4) is 0 Å². The first-order chi connectivity index (χ1) is 6.89. The summed E-state index contributed by atoms with van der Waals surface area (Å²) in [5, 5.41) is 2.39. The highest BCUT2D eigenvalue weighted by atomic mass is 16.5. The normalized spacial score (nSPS) is 13.1. The summed E-state index contributed by atoms with van der Waals surface area (Å²) in [6.45, 7) is 7.74. The van der Waals surface area contributed by atoms with Crippen molar-refractivity contribution >= 4 is 12.4 Å². The van der Waals surface area contributed by atoms with E-state index in [0.717, 1.165) is 0 Å². The van der Waals surface area contributed by atoms with Crippen molar-refractivity contribution in [3.63, 3.8) is 0 Å². The highest BCUT2D eigenvalue weighted by molar-refractivity contribution is 5.73. The van der Waals surface area contributed by atoms with Gasteiger partial charge in [0.25, 0.3) is 0 Å². The molecular weight excluding hydrogens is 198 g/mol. The monoisotopic (exact) mass is 217 g/mol. The van der Waals surface area contributed by atoms with Crippen LogP contribution in [0.4, 0.5) is 4.79 Å². The Labute approximate surface area is 90.1 Å². The molecular formula is C10H19NO4. The van der Waals surface area contributed by atoms with Gasteiger partial charge in [0.05, 0.1) is 18.8 Å². The smallest absolute Gasteiger partial charge is 0.407 e. The molecule has 1 unspecified atom stereocenters. The summed E-state index contributed by atoms with van der Waals surface area (Å²) in [4.78, 5) is 21.6. The Kier molecular flexibility index (Phi) is 5.93. The lowest BCUT2D eigenvalue weighted by Gasteiger charge is -2.22. The third-order valence-corrected chi connectivity index (χ3v) is 1.44. The van der Waals surface area contributed by atoms with Crippen LogP contribution in [-0.4, -0.2) is 37.2 Å². The molecule has 0 rings (SSSR count). The van der Waals surface area contributed by atoms with Gasteiger partial charge in [-0.25, -0.2) is 4.79 Å². The van der Waals surface area contributed by atoms with E-state index in [9.17, 15) is 9.59 Å². The lowest BCUT2D eigenvalue weighted by atomic mass is 10.2. The van der Waals surface area contributed by atoms with Gasteiger partial charge in [0.1, 0.15) is 12.3 Å². The van der Waals surface area contributed by atoms with Crippen LogP contribution in [0, 0.1) is 0 Å². The van der Waals surface area contributed by atoms with Gasteiger partial charge in [-0.15, -0.1) is 0 Å². The quantitative estimate of drug-likeness (QED) is 0.701. The van der Waals surface area contributed by atoms with Crippen LogP contribution in [0.2, 0.25) is 0 Å². The SMILES string of the molecule is CCOC(=O)NC(C=O)COC(C)(C)C. The molecule has 1 amide bonds. The van der Waals surface area contributed by atoms with Crippen molar-refractivity contribution in [3.8, 4) is 0 Å². The molecule has 88 valence electrons. The lowest BCUT2D eigenvalue weighted by Crippen LogP contribution is -2.41. The van der Waals surface area contributed by atoms with E-state index in [2.05, 4.69) is 10.1 Å². The first-order valence-corrected chi connectivity index (χ1v) is 4.91. The molecule has 15 heavy (non-hydrogen) atoms. The molecule has 0 heterocycles. The number of rotatable bonds is 5. The van der Waals surface area contributed by atoms with E-state index >= 15 is 0 Å². The van der Waals surface area contributed by atoms with E-state index in [1.165, 1.54) is 0 Å². The van der Waals surface area contributed by atoms with Crippen molar-refractivity contribution in [3.05, 3.63) is 0 Å². The Morgan fingerprint density at radius 1 is 1.47 bits per heavy atom. The van der Waals surface area contributed by atoms with Gasteiger partial charge in [0.15, 0.2) is 0 Å². The van der Waals surface area contributed by atoms with E-state index in [-0.39, 0.29) is 18.8 Å². The van der Waals surface area contributed by atoms with Crippen LogP contribution in [0.1, 0.15) is 27.7 Å². The number of alkyl carbamates (subject to hydrolysis) is 1. The van der Waals surface area contributed by atoms with E-state index < -0.39 is 12.1 Å². The average Bonchev–Trinajstić information content (AvgIpc) is 2.11. The summed E-state index contributed by atoms with van der Waals surface area (Å²) in [5.74, 6) is 0. The first kappa shape index (κ1) is 13.9. The predicted molar refractivity (Wildman–Crippen MR) is 55.7 cm³/mol. The van der Waals surface area contributed by atoms with Crippen LogP contribution in [0.5, 0.6) is 0 Å². The molecule has 0 spiro atoms. The Morgan fingerprint density at radius 3 is 2.47 bits per heavy atom. The molecule has 0 radical (unpaired) electrons. The highest BCUT2D eigenvalue weighted by Crippen LogP contribution is 2.06. The minimum atomic E-state index is -0.664. The largest absolute Gasteiger partial charge is 0.450 e. The number of hydrogen-bond donors (Lipinski definition) is 1. The zero-order valence-electron chi connectivity index (χ0n) is 9.70. The number of carbonyl (C=O) groups is 2. The minimum Gasteiger partial charge on any atom is -0.450 e. The van der Waals surface area contributed by atoms with Crippen LogP contribution in [-0.2, 0) is 14.3 Å². The second-order valence-corrected chi connectivity index (χ2v) is 4.03. The molecule has 0 aliphatic rings. The standard InChI is InChI=1S/C10H19NO4/c1-5-14-9(13)11-8(6-12)7-15-10(2,3)4/h6,8H,5,7H2,1-4H3,(H,11,13). The average molecular weight is 217 g/mol. The molecule has 1 N–H and O–H groups in total. The van der Waals surface area contributed by atoms with E-state index in [0.29, 0.717) is 6.29 Å². The number of nitrogens with one attached hydrogen (secondary N) is 1. The Bertz CT molecular complexity index is 210. The molecule has 0 aliphatic carbocycles. The number of amides is 1. The summed E-state index contributed by atoms with van der Waals surface area (Å²) in [7, 11) is 0. The highest BCUT2D eigenvalue weighted by Gasteiger charge is 2.16. The van der Waals surface area contributed by atoms with Gasteiger partial charge in [-0.05, 0) is 27.7 Å². The van der Waals surface area contributed by atoms with Gasteiger partial charge >= 0.3 is 6.09 Å². The van der Waals surface area contributed by atoms with Crippen molar-refractivity contribution in [2.75, 3.05) is 13.2 Å². The van der Waals surface area contributed by atoms with Crippen LogP contribution in [0.25, 0.3) is 0 Å². The summed E-state index contributed by atoms with van der Waals surface area (Å²) in [6.07, 6.45) is 0.0231. The molecule has 0 saturated carbocycles. The Balaban J connectivity index is 3.93. The topological polar surface area (TPSA) is 64.6 Å². The van der Waals surface area contributed by atoms with Gasteiger partial charge in [0.2, 0.25) is 0 Å². The third kappa shape index (κ3) is 7.93. The van der Waals surface area contributed by atoms with Crippen LogP contribution >= 0.6 is 0 Å². The molecule has 0 aromatic heterocycles. The van der Waals surface area contributed by atoms with Crippen molar-refractivity contribution in [2.24, 2.45) is 0 Å². The van der Waals surface area contributed by atoms with E-state index in [1.807, 2.05) is 20.8 Å². The second-order valence-electron chi connectivity index (χ2n) is 4.03. The van der Waals surface area contributed by atoms with Gasteiger partial charge < -0.3 is 19.6 Å². The second kappa shape index (κ2) is 6.40. The molecule has 5 heteroatoms. The maximum atomic E-state index is 11.0. The number of hydrogen-bond acceptors (Lipinski definition) is 4. The summed E-state index contributed by atoms with van der Waals surface area (Å²) in [6, 6.07) is -0.664. The number of carbonyl (C=O) groups excluding carboxylic acids is 2. The van der Waals surface area contributed by atoms with Crippen molar-refractivity contribution in [1.29, 1.82) is 0 Å². The molecule has 5 nitrogen and oxygen atoms in total. The number of aldehydes is 1. The van der Waals surface area contributed by atoms with E-state index in [4.69, 9.17) is 4.74 Å². The van der Waals surface area contributed by atoms with Crippen molar-refractivity contribution in [1.82, 2.24) is 5.32 Å². The van der Waals surface area contributed by atoms with Gasteiger partial charge in [-0.1, -0.05) is 0 Å². The molecule has 0 aliphatic heterocycles. The fourth-order valence-electron chi connectivity index (χ4n) is 0.779. The lowest BCUT2D eigenvalue weighted by molar-refractivity contribution is -0.112. The zero-order chi connectivity index (χ0) is 11.9. The minimum absolute atomic E-state index is 0.145. The molecule has 0 aromatic rings. The fraction of sp³-hybridized carbons (Fsp3) is 0.800. The summed E-state index contributed by atoms with van der Waals surface area (Å²) >= 11 is 0. The fourth-order valence-corrected chi connectivity index (χ4v) is 0.779. The first-order valence-electron chi connectivity index (χ1n) is 4.91. The Morgan fingerprint density at radius 2 is 2.07 bits per heavy atom. The maximum absolute atomic E-state index is 11.0. The summed E-state index contributed by atoms with van der Waals surface area (Å²) in [5.41, 5.74) is -0.336. The van der Waals surface area contributed by atoms with Gasteiger partial charge in [-0.2, -0.15) is 0 Å². The Hall–Kier alpha value is -1.10. The van der Waals surface area contributed by atoms with Crippen molar-refractivity contribution in [2.45, 2.75) is 39.3 Å². The van der Waals surface area contributed by atoms with Crippen LogP contribution in [0.15, 0.2) is 0 Å². The maximum Gasteiger partial charge on any atom is 0.407 e. The molecule has 0 saturated heterocycles. The molecule has 0 fully saturated rings. The summed E-state index contributed by atoms with van der Waals surface area (Å²) < 4.78 is 10.0.